The summed E-state index contributed by atoms with van der Waals surface area (Å²) in [6.07, 6.45) is 5.38. The third-order valence-corrected chi connectivity index (χ3v) is 2.42. The van der Waals surface area contributed by atoms with Gasteiger partial charge >= 0.3 is 0 Å². The van der Waals surface area contributed by atoms with E-state index in [1.165, 1.54) is 12.3 Å². The van der Waals surface area contributed by atoms with Crippen LogP contribution in [0.3, 0.4) is 0 Å². The van der Waals surface area contributed by atoms with Crippen LogP contribution in [-0.4, -0.2) is 12.0 Å². The van der Waals surface area contributed by atoms with Crippen LogP contribution in [0.15, 0.2) is 42.6 Å². The van der Waals surface area contributed by atoms with Crippen molar-refractivity contribution < 1.29 is 4.39 Å². The molecule has 0 saturated heterocycles. The van der Waals surface area contributed by atoms with Crippen molar-refractivity contribution in [1.82, 2.24) is 4.98 Å². The van der Waals surface area contributed by atoms with Crippen LogP contribution in [0.1, 0.15) is 11.1 Å². The van der Waals surface area contributed by atoms with Gasteiger partial charge in [0.25, 0.3) is 0 Å². The van der Waals surface area contributed by atoms with Gasteiger partial charge in [0, 0.05) is 18.9 Å². The molecule has 0 bridgehead atoms. The summed E-state index contributed by atoms with van der Waals surface area (Å²) in [4.78, 5) is 3.59. The summed E-state index contributed by atoms with van der Waals surface area (Å²) >= 11 is 0. The SMILES string of the molecule is CNc1ccc(/C=C/c2ccc([18F])nc2)cc1. The summed E-state index contributed by atoms with van der Waals surface area (Å²) in [5.41, 5.74) is 3.04. The van der Waals surface area contributed by atoms with Gasteiger partial charge in [-0.3, -0.25) is 0 Å². The third-order valence-electron chi connectivity index (χ3n) is 2.42. The lowest BCUT2D eigenvalue weighted by Gasteiger charge is -1.99. The minimum absolute atomic E-state index is 0.458. The molecule has 0 radical (unpaired) electrons. The Morgan fingerprint density at radius 2 is 1.65 bits per heavy atom. The Hall–Kier alpha value is -2.16. The lowest BCUT2D eigenvalue weighted by atomic mass is 10.1. The van der Waals surface area contributed by atoms with Crippen molar-refractivity contribution in [3.05, 3.63) is 59.7 Å². The largest absolute Gasteiger partial charge is 0.388 e. The first-order valence-electron chi connectivity index (χ1n) is 5.35. The fraction of sp³-hybridized carbons (Fsp3) is 0.0714. The van der Waals surface area contributed by atoms with Gasteiger partial charge in [-0.15, -0.1) is 0 Å². The summed E-state index contributed by atoms with van der Waals surface area (Å²) in [5.74, 6) is -0.458. The van der Waals surface area contributed by atoms with Crippen LogP contribution in [0.25, 0.3) is 12.2 Å². The van der Waals surface area contributed by atoms with Crippen LogP contribution < -0.4 is 5.32 Å². The fourth-order valence-electron chi connectivity index (χ4n) is 1.44. The number of hydrogen-bond donors (Lipinski definition) is 1. The lowest BCUT2D eigenvalue weighted by Crippen LogP contribution is -1.86. The highest BCUT2D eigenvalue weighted by Crippen LogP contribution is 2.11. The molecule has 86 valence electrons. The van der Waals surface area contributed by atoms with Crippen molar-refractivity contribution in [1.29, 1.82) is 0 Å². The van der Waals surface area contributed by atoms with Gasteiger partial charge in [-0.05, 0) is 35.4 Å². The molecule has 1 heterocycles. The highest BCUT2D eigenvalue weighted by Gasteiger charge is 1.91. The molecule has 1 aromatic carbocycles. The lowest BCUT2D eigenvalue weighted by molar-refractivity contribution is 0.583. The molecule has 0 amide bonds. The Morgan fingerprint density at radius 1 is 1.00 bits per heavy atom. The predicted octanol–water partition coefficient (Wildman–Crippen LogP) is 3.43. The fourth-order valence-corrected chi connectivity index (χ4v) is 1.44. The topological polar surface area (TPSA) is 24.9 Å². The predicted molar refractivity (Wildman–Crippen MR) is 69.1 cm³/mol. The van der Waals surface area contributed by atoms with E-state index in [-0.39, 0.29) is 0 Å². The standard InChI is InChI=1S/C14H13FN2/c1-16-13-7-4-11(5-8-13)2-3-12-6-9-14(15)17-10-12/h2-10,16H,1H3/b3-2+/i15-1. The zero-order valence-electron chi connectivity index (χ0n) is 9.52. The third kappa shape index (κ3) is 3.14. The van der Waals surface area contributed by atoms with Crippen LogP contribution in [0.4, 0.5) is 10.1 Å². The molecule has 0 aliphatic rings. The van der Waals surface area contributed by atoms with Gasteiger partial charge < -0.3 is 5.32 Å². The van der Waals surface area contributed by atoms with E-state index in [0.29, 0.717) is 0 Å². The molecule has 0 fully saturated rings. The average Bonchev–Trinajstić information content (AvgIpc) is 2.39. The normalized spacial score (nSPS) is 10.7. The second kappa shape index (κ2) is 5.25. The van der Waals surface area contributed by atoms with Gasteiger partial charge in [0.05, 0.1) is 0 Å². The quantitative estimate of drug-likeness (QED) is 0.812. The molecule has 2 aromatic rings. The molecule has 1 aromatic heterocycles. The maximum Gasteiger partial charge on any atom is 0.212 e. The summed E-state index contributed by atoms with van der Waals surface area (Å²) < 4.78 is 12.6. The Balaban J connectivity index is 2.11. The van der Waals surface area contributed by atoms with Gasteiger partial charge in [-0.2, -0.15) is 4.39 Å². The average molecular weight is 227 g/mol. The summed E-state index contributed by atoms with van der Waals surface area (Å²) in [5, 5.41) is 3.06. The Labute approximate surface area is 99.8 Å². The monoisotopic (exact) mass is 227 g/mol. The van der Waals surface area contributed by atoms with E-state index in [2.05, 4.69) is 10.3 Å². The minimum atomic E-state index is -0.458. The van der Waals surface area contributed by atoms with Gasteiger partial charge in [-0.25, -0.2) is 4.98 Å². The highest BCUT2D eigenvalue weighted by atomic mass is 18.2. The summed E-state index contributed by atoms with van der Waals surface area (Å²) in [6, 6.07) is 11.1. The molecule has 0 saturated carbocycles. The van der Waals surface area contributed by atoms with Crippen LogP contribution in [-0.2, 0) is 0 Å². The number of nitrogens with one attached hydrogen (secondary N) is 1. The first kappa shape index (κ1) is 11.3. The van der Waals surface area contributed by atoms with Crippen LogP contribution in [0.2, 0.25) is 0 Å². The highest BCUT2D eigenvalue weighted by molar-refractivity contribution is 5.69. The van der Waals surface area contributed by atoms with Crippen molar-refractivity contribution >= 4 is 17.8 Å². The number of hydrogen-bond acceptors (Lipinski definition) is 2. The van der Waals surface area contributed by atoms with E-state index in [4.69, 9.17) is 0 Å². The van der Waals surface area contributed by atoms with E-state index in [1.54, 1.807) is 6.07 Å². The van der Waals surface area contributed by atoms with Crippen LogP contribution in [0, 0.1) is 5.95 Å². The Kier molecular flexibility index (Phi) is 3.50. The van der Waals surface area contributed by atoms with Gasteiger partial charge in [0.15, 0.2) is 0 Å². The van der Waals surface area contributed by atoms with Crippen molar-refractivity contribution in [3.8, 4) is 0 Å². The van der Waals surface area contributed by atoms with Crippen molar-refractivity contribution in [2.24, 2.45) is 0 Å². The summed E-state index contributed by atoms with van der Waals surface area (Å²) in [7, 11) is 1.88. The molecule has 1 N–H and O–H groups in total. The van der Waals surface area contributed by atoms with Gasteiger partial charge in [0.2, 0.25) is 5.95 Å². The van der Waals surface area contributed by atoms with E-state index >= 15 is 0 Å². The second-order valence-electron chi connectivity index (χ2n) is 3.62. The number of nitrogens with zero attached hydrogens (tertiary/aromatic N) is 1. The van der Waals surface area contributed by atoms with Crippen LogP contribution >= 0.6 is 0 Å². The van der Waals surface area contributed by atoms with E-state index in [0.717, 1.165) is 16.8 Å². The maximum atomic E-state index is 12.6. The number of pyridine rings is 1. The number of rotatable bonds is 3. The Bertz CT molecular complexity index is 501. The molecule has 2 nitrogen and oxygen atoms in total. The van der Waals surface area contributed by atoms with Gasteiger partial charge in [-0.1, -0.05) is 24.3 Å². The second-order valence-corrected chi connectivity index (χ2v) is 3.62. The number of anilines is 1. The summed E-state index contributed by atoms with van der Waals surface area (Å²) in [6.45, 7) is 0. The number of benzene rings is 1. The van der Waals surface area contributed by atoms with Crippen LogP contribution in [0.5, 0.6) is 0 Å². The number of halogens is 1. The maximum absolute atomic E-state index is 12.6. The van der Waals surface area contributed by atoms with Crippen molar-refractivity contribution in [2.45, 2.75) is 0 Å². The van der Waals surface area contributed by atoms with Crippen molar-refractivity contribution in [3.63, 3.8) is 0 Å². The molecule has 0 atom stereocenters. The molecule has 0 aliphatic carbocycles. The van der Waals surface area contributed by atoms with Gasteiger partial charge in [0.1, 0.15) is 0 Å². The molecular formula is C14H13FN2. The zero-order valence-corrected chi connectivity index (χ0v) is 9.52. The molecule has 17 heavy (non-hydrogen) atoms. The first-order valence-corrected chi connectivity index (χ1v) is 5.35. The molecule has 2 rings (SSSR count). The Morgan fingerprint density at radius 3 is 2.24 bits per heavy atom. The smallest absolute Gasteiger partial charge is 0.212 e. The van der Waals surface area contributed by atoms with Crippen molar-refractivity contribution in [2.75, 3.05) is 12.4 Å². The van der Waals surface area contributed by atoms with E-state index in [9.17, 15) is 4.39 Å². The zero-order chi connectivity index (χ0) is 12.1. The minimum Gasteiger partial charge on any atom is -0.388 e. The molecular weight excluding hydrogens is 214 g/mol. The molecule has 0 aliphatic heterocycles. The number of aromatic nitrogens is 1. The molecule has 0 unspecified atom stereocenters. The van der Waals surface area contributed by atoms with E-state index in [1.807, 2.05) is 43.5 Å². The molecule has 3 heteroatoms. The van der Waals surface area contributed by atoms with E-state index < -0.39 is 5.95 Å². The molecule has 0 spiro atoms. The first-order chi connectivity index (χ1) is 8.28.